The summed E-state index contributed by atoms with van der Waals surface area (Å²) in [7, 11) is -1.48. The van der Waals surface area contributed by atoms with Crippen molar-refractivity contribution in [3.8, 4) is 0 Å². The van der Waals surface area contributed by atoms with Gasteiger partial charge in [0.05, 0.1) is 11.9 Å². The van der Waals surface area contributed by atoms with Crippen LogP contribution in [0.5, 0.6) is 0 Å². The number of imidazole rings is 1. The largest absolute Gasteiger partial charge is 0.338 e. The molecule has 0 spiro atoms. The van der Waals surface area contributed by atoms with Crippen molar-refractivity contribution >= 4 is 21.6 Å². The van der Waals surface area contributed by atoms with Gasteiger partial charge in [0.15, 0.2) is 0 Å². The van der Waals surface area contributed by atoms with Crippen LogP contribution in [0.15, 0.2) is 60.9 Å². The lowest BCUT2D eigenvalue weighted by atomic mass is 10.0. The number of aryl methyl sites for hydroxylation is 1. The number of carbonyl (C=O) groups is 1. The zero-order valence-electron chi connectivity index (χ0n) is 17.1. The molecule has 1 aliphatic rings. The maximum Gasteiger partial charge on any atom is 0.252 e. The summed E-state index contributed by atoms with van der Waals surface area (Å²) in [5, 5.41) is 3.08. The number of aromatic nitrogens is 2. The third kappa shape index (κ3) is 3.70. The molecule has 2 atom stereocenters. The van der Waals surface area contributed by atoms with E-state index in [4.69, 9.17) is 0 Å². The first-order valence-electron chi connectivity index (χ1n) is 9.71. The fourth-order valence-electron chi connectivity index (χ4n) is 4.06. The molecule has 30 heavy (non-hydrogen) atoms. The van der Waals surface area contributed by atoms with Crippen LogP contribution >= 0.6 is 0 Å². The Balaban J connectivity index is 1.65. The molecule has 0 aliphatic carbocycles. The Hall–Kier alpha value is -3.13. The highest BCUT2D eigenvalue weighted by atomic mass is 32.2. The topological polar surface area (TPSA) is 84.3 Å². The molecule has 1 aromatic heterocycles. The quantitative estimate of drug-likeness (QED) is 0.682. The van der Waals surface area contributed by atoms with Crippen LogP contribution < -0.4 is 9.62 Å². The van der Waals surface area contributed by atoms with Crippen LogP contribution in [-0.2, 0) is 23.5 Å². The highest BCUT2D eigenvalue weighted by molar-refractivity contribution is 7.92. The molecule has 0 unspecified atom stereocenters. The Morgan fingerprint density at radius 3 is 2.57 bits per heavy atom. The van der Waals surface area contributed by atoms with E-state index in [0.717, 1.165) is 17.0 Å². The molecular formula is C22H24N4O3S. The molecule has 1 amide bonds. The molecule has 1 N–H and O–H groups in total. The lowest BCUT2D eigenvalue weighted by Crippen LogP contribution is -2.34. The molecule has 0 saturated carbocycles. The van der Waals surface area contributed by atoms with Gasteiger partial charge in [0.25, 0.3) is 5.91 Å². The minimum Gasteiger partial charge on any atom is -0.338 e. The monoisotopic (exact) mass is 424 g/mol. The van der Waals surface area contributed by atoms with E-state index in [9.17, 15) is 13.2 Å². The third-order valence-corrected chi connectivity index (χ3v) is 6.65. The van der Waals surface area contributed by atoms with Crippen LogP contribution in [0.3, 0.4) is 0 Å². The second kappa shape index (κ2) is 7.60. The third-order valence-electron chi connectivity index (χ3n) is 5.38. The predicted molar refractivity (Wildman–Crippen MR) is 116 cm³/mol. The number of nitrogens with zero attached hydrogens (tertiary/aromatic N) is 3. The Morgan fingerprint density at radius 2 is 1.93 bits per heavy atom. The van der Waals surface area contributed by atoms with Crippen molar-refractivity contribution in [3.05, 3.63) is 83.4 Å². The predicted octanol–water partition coefficient (Wildman–Crippen LogP) is 2.65. The van der Waals surface area contributed by atoms with E-state index in [1.54, 1.807) is 24.4 Å². The molecule has 0 saturated heterocycles. The van der Waals surface area contributed by atoms with Gasteiger partial charge in [0.1, 0.15) is 11.9 Å². The van der Waals surface area contributed by atoms with Crippen molar-refractivity contribution in [1.82, 2.24) is 14.9 Å². The van der Waals surface area contributed by atoms with Crippen LogP contribution in [-0.4, -0.2) is 36.2 Å². The van der Waals surface area contributed by atoms with Gasteiger partial charge >= 0.3 is 0 Å². The zero-order valence-corrected chi connectivity index (χ0v) is 17.9. The fourth-order valence-corrected chi connectivity index (χ4v) is 5.33. The molecule has 3 aromatic rings. The van der Waals surface area contributed by atoms with Gasteiger partial charge in [-0.2, -0.15) is 0 Å². The average molecular weight is 425 g/mol. The molecular weight excluding hydrogens is 400 g/mol. The molecule has 4 rings (SSSR count). The summed E-state index contributed by atoms with van der Waals surface area (Å²) in [5.41, 5.74) is 2.92. The minimum absolute atomic E-state index is 0.169. The second-order valence-corrected chi connectivity index (χ2v) is 9.53. The minimum atomic E-state index is -3.37. The van der Waals surface area contributed by atoms with Gasteiger partial charge in [-0.15, -0.1) is 0 Å². The second-order valence-electron chi connectivity index (χ2n) is 7.67. The summed E-state index contributed by atoms with van der Waals surface area (Å²) < 4.78 is 27.6. The first-order chi connectivity index (χ1) is 14.3. The maximum atomic E-state index is 13.1. The van der Waals surface area contributed by atoms with Gasteiger partial charge < -0.3 is 9.88 Å². The van der Waals surface area contributed by atoms with E-state index in [-0.39, 0.29) is 11.9 Å². The highest BCUT2D eigenvalue weighted by Gasteiger charge is 2.33. The summed E-state index contributed by atoms with van der Waals surface area (Å²) >= 11 is 0. The number of hydrogen-bond donors (Lipinski definition) is 1. The number of rotatable bonds is 5. The summed E-state index contributed by atoms with van der Waals surface area (Å²) in [5.74, 6) is 0.493. The average Bonchev–Trinajstić information content (AvgIpc) is 3.27. The molecule has 0 radical (unpaired) electrons. The summed E-state index contributed by atoms with van der Waals surface area (Å²) in [4.78, 5) is 17.5. The van der Waals surface area contributed by atoms with Crippen molar-refractivity contribution in [3.63, 3.8) is 0 Å². The number of nitrogens with one attached hydrogen (secondary N) is 1. The van der Waals surface area contributed by atoms with Gasteiger partial charge in [-0.05, 0) is 42.7 Å². The number of sulfonamides is 1. The van der Waals surface area contributed by atoms with E-state index in [2.05, 4.69) is 10.3 Å². The standard InChI is InChI=1S/C22H24N4O3S/c1-15-13-18-14-17(9-10-19(18)26(15)30(3,28)29)22(27)24-20(16-7-5-4-6-8-16)21-23-11-12-25(21)2/h4-12,14-15,20H,13H2,1-3H3,(H,24,27)/t15-,20-/m0/s1. The molecule has 2 aromatic carbocycles. The Kier molecular flexibility index (Phi) is 5.11. The molecule has 7 nitrogen and oxygen atoms in total. The lowest BCUT2D eigenvalue weighted by molar-refractivity contribution is 0.0941. The van der Waals surface area contributed by atoms with Gasteiger partial charge in [0, 0.05) is 31.0 Å². The number of benzene rings is 2. The Morgan fingerprint density at radius 1 is 1.20 bits per heavy atom. The Bertz CT molecular complexity index is 1190. The van der Waals surface area contributed by atoms with Crippen molar-refractivity contribution < 1.29 is 13.2 Å². The lowest BCUT2D eigenvalue weighted by Gasteiger charge is -2.22. The van der Waals surface area contributed by atoms with Crippen molar-refractivity contribution in [1.29, 1.82) is 0 Å². The summed E-state index contributed by atoms with van der Waals surface area (Å²) in [6, 6.07) is 14.3. The van der Waals surface area contributed by atoms with Crippen LogP contribution in [0.25, 0.3) is 0 Å². The van der Waals surface area contributed by atoms with E-state index in [0.29, 0.717) is 17.7 Å². The molecule has 2 heterocycles. The fraction of sp³-hybridized carbons (Fsp3) is 0.273. The summed E-state index contributed by atoms with van der Waals surface area (Å²) in [6.07, 6.45) is 5.32. The molecule has 156 valence electrons. The van der Waals surface area contributed by atoms with Crippen LogP contribution in [0.2, 0.25) is 0 Å². The SMILES string of the molecule is C[C@H]1Cc2cc(C(=O)N[C@@H](c3ccccc3)c3nccn3C)ccc2N1S(C)(=O)=O. The van der Waals surface area contributed by atoms with Crippen LogP contribution in [0, 0.1) is 0 Å². The van der Waals surface area contributed by atoms with Gasteiger partial charge in [0.2, 0.25) is 10.0 Å². The number of amides is 1. The highest BCUT2D eigenvalue weighted by Crippen LogP contribution is 2.35. The Labute approximate surface area is 176 Å². The number of hydrogen-bond acceptors (Lipinski definition) is 4. The molecule has 1 aliphatic heterocycles. The van der Waals surface area contributed by atoms with Gasteiger partial charge in [-0.25, -0.2) is 13.4 Å². The smallest absolute Gasteiger partial charge is 0.252 e. The van der Waals surface area contributed by atoms with E-state index in [1.165, 1.54) is 10.6 Å². The van der Waals surface area contributed by atoms with E-state index in [1.807, 2.05) is 55.1 Å². The first kappa shape index (κ1) is 20.2. The van der Waals surface area contributed by atoms with Crippen LogP contribution in [0.1, 0.15) is 40.3 Å². The zero-order chi connectivity index (χ0) is 21.5. The van der Waals surface area contributed by atoms with Gasteiger partial charge in [-0.3, -0.25) is 9.10 Å². The maximum absolute atomic E-state index is 13.1. The molecule has 0 fully saturated rings. The van der Waals surface area contributed by atoms with E-state index >= 15 is 0 Å². The van der Waals surface area contributed by atoms with Crippen molar-refractivity contribution in [2.45, 2.75) is 25.4 Å². The number of fused-ring (bicyclic) bond motifs is 1. The normalized spacial score (nSPS) is 16.9. The first-order valence-corrected chi connectivity index (χ1v) is 11.6. The summed E-state index contributed by atoms with van der Waals surface area (Å²) in [6.45, 7) is 1.87. The van der Waals surface area contributed by atoms with Gasteiger partial charge in [-0.1, -0.05) is 30.3 Å². The van der Waals surface area contributed by atoms with Crippen molar-refractivity contribution in [2.24, 2.45) is 7.05 Å². The van der Waals surface area contributed by atoms with E-state index < -0.39 is 16.1 Å². The van der Waals surface area contributed by atoms with Crippen molar-refractivity contribution in [2.75, 3.05) is 10.6 Å². The molecule has 0 bridgehead atoms. The van der Waals surface area contributed by atoms with Crippen LogP contribution in [0.4, 0.5) is 5.69 Å². The molecule has 8 heteroatoms. The number of carbonyl (C=O) groups excluding carboxylic acids is 1. The number of anilines is 1.